The molecule has 1 heterocycles. The molecule has 1 aromatic heterocycles. The highest BCUT2D eigenvalue weighted by atomic mass is 16.5. The van der Waals surface area contributed by atoms with Gasteiger partial charge in [-0.25, -0.2) is 4.98 Å². The monoisotopic (exact) mass is 625 g/mol. The van der Waals surface area contributed by atoms with Crippen molar-refractivity contribution in [3.8, 4) is 40.5 Å². The molecule has 0 saturated heterocycles. The third-order valence-electron chi connectivity index (χ3n) is 8.41. The lowest BCUT2D eigenvalue weighted by Gasteiger charge is -2.18. The van der Waals surface area contributed by atoms with Gasteiger partial charge in [-0.1, -0.05) is 65.3 Å². The molecule has 0 amide bonds. The fourth-order valence-electron chi connectivity index (χ4n) is 5.63. The molecule has 0 saturated carbocycles. The number of benzene rings is 3. The normalized spacial score (nSPS) is 11.3. The van der Waals surface area contributed by atoms with Crippen LogP contribution in [-0.2, 0) is 6.54 Å². The summed E-state index contributed by atoms with van der Waals surface area (Å²) < 4.78 is 21.3. The van der Waals surface area contributed by atoms with E-state index in [0.29, 0.717) is 30.3 Å². The molecule has 0 spiro atoms. The van der Waals surface area contributed by atoms with Crippen molar-refractivity contribution in [2.24, 2.45) is 0 Å². The van der Waals surface area contributed by atoms with Crippen LogP contribution in [0.25, 0.3) is 22.4 Å². The predicted octanol–water partition coefficient (Wildman–Crippen LogP) is 8.39. The van der Waals surface area contributed by atoms with E-state index in [9.17, 15) is 5.26 Å². The van der Waals surface area contributed by atoms with Crippen molar-refractivity contribution in [2.75, 3.05) is 52.5 Å². The van der Waals surface area contributed by atoms with Crippen molar-refractivity contribution < 1.29 is 14.2 Å². The minimum Gasteiger partial charge on any atom is -0.493 e. The molecule has 246 valence electrons. The van der Waals surface area contributed by atoms with Gasteiger partial charge in [0.25, 0.3) is 0 Å². The molecule has 4 rings (SSSR count). The van der Waals surface area contributed by atoms with Gasteiger partial charge in [0.2, 0.25) is 0 Å². The van der Waals surface area contributed by atoms with E-state index in [-0.39, 0.29) is 0 Å². The van der Waals surface area contributed by atoms with Gasteiger partial charge >= 0.3 is 0 Å². The van der Waals surface area contributed by atoms with E-state index in [0.717, 1.165) is 105 Å². The van der Waals surface area contributed by atoms with Crippen LogP contribution in [-0.4, -0.2) is 71.8 Å². The van der Waals surface area contributed by atoms with Crippen LogP contribution in [0.4, 0.5) is 0 Å². The standard InChI is InChI=1S/C38H51N5O3/c1-6-11-23-43-34-27-33(44-24-15-21-41(7-2)8-3)28-36(45-25-16-22-42(9-4)10-5)37(34)40-38(43)30-18-14-19-32(26-30)46-35-20-13-12-17-31(35)29-39/h12-14,17-20,26-28H,6-11,15-16,21-25H2,1-5H3. The molecule has 0 atom stereocenters. The second-order valence-electron chi connectivity index (χ2n) is 11.4. The lowest BCUT2D eigenvalue weighted by atomic mass is 10.2. The molecular formula is C38H51N5O3. The fraction of sp³-hybridized carbons (Fsp3) is 0.474. The number of nitriles is 1. The van der Waals surface area contributed by atoms with E-state index in [1.54, 1.807) is 6.07 Å². The smallest absolute Gasteiger partial charge is 0.150 e. The van der Waals surface area contributed by atoms with Gasteiger partial charge in [0.15, 0.2) is 5.75 Å². The third-order valence-corrected chi connectivity index (χ3v) is 8.41. The predicted molar refractivity (Wildman–Crippen MR) is 187 cm³/mol. The van der Waals surface area contributed by atoms with Gasteiger partial charge in [0, 0.05) is 37.3 Å². The molecule has 0 unspecified atom stereocenters. The summed E-state index contributed by atoms with van der Waals surface area (Å²) in [7, 11) is 0. The van der Waals surface area contributed by atoms with Gasteiger partial charge in [-0.2, -0.15) is 5.26 Å². The van der Waals surface area contributed by atoms with Crippen LogP contribution in [0.1, 0.15) is 65.9 Å². The van der Waals surface area contributed by atoms with Crippen molar-refractivity contribution in [1.82, 2.24) is 19.4 Å². The maximum atomic E-state index is 9.55. The number of para-hydroxylation sites is 1. The topological polar surface area (TPSA) is 75.8 Å². The number of unbranched alkanes of at least 4 members (excludes halogenated alkanes) is 1. The number of hydrogen-bond donors (Lipinski definition) is 0. The number of fused-ring (bicyclic) bond motifs is 1. The molecule has 8 heteroatoms. The average Bonchev–Trinajstić information content (AvgIpc) is 3.46. The van der Waals surface area contributed by atoms with Crippen molar-refractivity contribution in [3.05, 3.63) is 66.2 Å². The van der Waals surface area contributed by atoms with E-state index in [1.165, 1.54) is 0 Å². The number of aryl methyl sites for hydroxylation is 1. The summed E-state index contributed by atoms with van der Waals surface area (Å²) in [5, 5.41) is 9.55. The molecule has 0 aliphatic heterocycles. The van der Waals surface area contributed by atoms with Crippen LogP contribution in [0.5, 0.6) is 23.0 Å². The number of hydrogen-bond acceptors (Lipinski definition) is 7. The van der Waals surface area contributed by atoms with E-state index < -0.39 is 0 Å². The van der Waals surface area contributed by atoms with Gasteiger partial charge in [0.1, 0.15) is 34.7 Å². The quantitative estimate of drug-likeness (QED) is 0.0913. The Morgan fingerprint density at radius 2 is 1.43 bits per heavy atom. The zero-order chi connectivity index (χ0) is 32.7. The molecule has 0 aliphatic carbocycles. The zero-order valence-corrected chi connectivity index (χ0v) is 28.4. The molecule has 0 bridgehead atoms. The number of ether oxygens (including phenoxy) is 3. The summed E-state index contributed by atoms with van der Waals surface area (Å²) >= 11 is 0. The molecule has 0 N–H and O–H groups in total. The first-order valence-corrected chi connectivity index (χ1v) is 17.1. The van der Waals surface area contributed by atoms with Crippen LogP contribution in [0.3, 0.4) is 0 Å². The first kappa shape index (κ1) is 34.8. The van der Waals surface area contributed by atoms with Crippen LogP contribution < -0.4 is 14.2 Å². The Balaban J connectivity index is 1.69. The van der Waals surface area contributed by atoms with Gasteiger partial charge in [-0.3, -0.25) is 0 Å². The molecule has 4 aromatic rings. The third kappa shape index (κ3) is 9.24. The Labute approximate surface area is 275 Å². The Kier molecular flexibility index (Phi) is 13.8. The van der Waals surface area contributed by atoms with E-state index in [4.69, 9.17) is 19.2 Å². The molecule has 3 aromatic carbocycles. The SMILES string of the molecule is CCCCn1c(-c2cccc(Oc3ccccc3C#N)c2)nc2c(OCCCN(CC)CC)cc(OCCCN(CC)CC)cc21. The Bertz CT molecular complexity index is 1550. The summed E-state index contributed by atoms with van der Waals surface area (Å²) in [5.74, 6) is 3.60. The minimum absolute atomic E-state index is 0.496. The summed E-state index contributed by atoms with van der Waals surface area (Å²) in [4.78, 5) is 10.0. The van der Waals surface area contributed by atoms with Crippen molar-refractivity contribution in [2.45, 2.75) is 66.8 Å². The first-order chi connectivity index (χ1) is 22.5. The maximum absolute atomic E-state index is 9.55. The van der Waals surface area contributed by atoms with Crippen LogP contribution in [0.15, 0.2) is 60.7 Å². The zero-order valence-electron chi connectivity index (χ0n) is 28.4. The largest absolute Gasteiger partial charge is 0.493 e. The van der Waals surface area contributed by atoms with Crippen molar-refractivity contribution in [1.29, 1.82) is 5.26 Å². The van der Waals surface area contributed by atoms with E-state index >= 15 is 0 Å². The lowest BCUT2D eigenvalue weighted by Crippen LogP contribution is -2.25. The molecular weight excluding hydrogens is 574 g/mol. The van der Waals surface area contributed by atoms with Crippen molar-refractivity contribution >= 4 is 11.0 Å². The van der Waals surface area contributed by atoms with Gasteiger partial charge in [0.05, 0.1) is 24.3 Å². The summed E-state index contributed by atoms with van der Waals surface area (Å²) in [6.45, 7) is 19.2. The summed E-state index contributed by atoms with van der Waals surface area (Å²) in [5.41, 5.74) is 3.28. The highest BCUT2D eigenvalue weighted by Gasteiger charge is 2.19. The van der Waals surface area contributed by atoms with E-state index in [2.05, 4.69) is 67.2 Å². The fourth-order valence-corrected chi connectivity index (χ4v) is 5.63. The first-order valence-electron chi connectivity index (χ1n) is 17.1. The Morgan fingerprint density at radius 3 is 2.11 bits per heavy atom. The van der Waals surface area contributed by atoms with Crippen molar-refractivity contribution in [3.63, 3.8) is 0 Å². The average molecular weight is 626 g/mol. The van der Waals surface area contributed by atoms with Gasteiger partial charge < -0.3 is 28.6 Å². The number of aromatic nitrogens is 2. The van der Waals surface area contributed by atoms with Gasteiger partial charge in [-0.15, -0.1) is 0 Å². The summed E-state index contributed by atoms with van der Waals surface area (Å²) in [6, 6.07) is 21.6. The highest BCUT2D eigenvalue weighted by molar-refractivity contribution is 5.87. The Morgan fingerprint density at radius 1 is 0.739 bits per heavy atom. The second kappa shape index (κ2) is 18.2. The Hall–Kier alpha value is -4.06. The van der Waals surface area contributed by atoms with Crippen LogP contribution in [0.2, 0.25) is 0 Å². The number of imidazole rings is 1. The minimum atomic E-state index is 0.496. The van der Waals surface area contributed by atoms with Gasteiger partial charge in [-0.05, 0) is 69.7 Å². The van der Waals surface area contributed by atoms with E-state index in [1.807, 2.05) is 42.5 Å². The molecule has 0 radical (unpaired) electrons. The van der Waals surface area contributed by atoms with Crippen LogP contribution >= 0.6 is 0 Å². The summed E-state index contributed by atoms with van der Waals surface area (Å²) in [6.07, 6.45) is 3.97. The highest BCUT2D eigenvalue weighted by Crippen LogP contribution is 2.36. The number of rotatable bonds is 20. The molecule has 0 aliphatic rings. The second-order valence-corrected chi connectivity index (χ2v) is 11.4. The molecule has 46 heavy (non-hydrogen) atoms. The molecule has 0 fully saturated rings. The maximum Gasteiger partial charge on any atom is 0.150 e. The lowest BCUT2D eigenvalue weighted by molar-refractivity contribution is 0.243. The van der Waals surface area contributed by atoms with Crippen LogP contribution in [0, 0.1) is 11.3 Å². The number of nitrogens with zero attached hydrogens (tertiary/aromatic N) is 5. The molecule has 8 nitrogen and oxygen atoms in total.